The molecule has 0 unspecified atom stereocenters. The quantitative estimate of drug-likeness (QED) is 0.905. The van der Waals surface area contributed by atoms with Gasteiger partial charge in [-0.1, -0.05) is 0 Å². The minimum absolute atomic E-state index is 0.0472. The molecule has 0 saturated carbocycles. The molecule has 0 bridgehead atoms. The number of alkyl halides is 3. The van der Waals surface area contributed by atoms with Crippen molar-refractivity contribution in [2.24, 2.45) is 0 Å². The number of hydrogen-bond donors (Lipinski definition) is 1. The number of rotatable bonds is 4. The highest BCUT2D eigenvalue weighted by Crippen LogP contribution is 2.21. The van der Waals surface area contributed by atoms with Crippen LogP contribution in [0, 0.1) is 0 Å². The van der Waals surface area contributed by atoms with Crippen molar-refractivity contribution >= 4 is 5.91 Å². The SMILES string of the molecule is CCN(CCC(F)(F)F)C(=O)c1ccncc1O. The van der Waals surface area contributed by atoms with Crippen LogP contribution in [0.2, 0.25) is 0 Å². The molecule has 0 aliphatic heterocycles. The van der Waals surface area contributed by atoms with E-state index in [1.54, 1.807) is 6.92 Å². The molecule has 0 aliphatic rings. The molecule has 1 aromatic heterocycles. The Hall–Kier alpha value is -1.79. The molecule has 0 aromatic carbocycles. The van der Waals surface area contributed by atoms with E-state index in [4.69, 9.17) is 0 Å². The lowest BCUT2D eigenvalue weighted by atomic mass is 10.2. The van der Waals surface area contributed by atoms with Crippen LogP contribution in [0.4, 0.5) is 13.2 Å². The van der Waals surface area contributed by atoms with Crippen molar-refractivity contribution in [2.75, 3.05) is 13.1 Å². The van der Waals surface area contributed by atoms with Crippen LogP contribution in [-0.4, -0.2) is 40.2 Å². The molecule has 0 aliphatic carbocycles. The summed E-state index contributed by atoms with van der Waals surface area (Å²) in [5, 5.41) is 9.42. The normalized spacial score (nSPS) is 11.3. The van der Waals surface area contributed by atoms with E-state index in [0.717, 1.165) is 11.1 Å². The van der Waals surface area contributed by atoms with Gasteiger partial charge in [0.1, 0.15) is 5.75 Å². The van der Waals surface area contributed by atoms with Gasteiger partial charge in [0, 0.05) is 19.3 Å². The van der Waals surface area contributed by atoms with Crippen molar-refractivity contribution in [1.82, 2.24) is 9.88 Å². The third kappa shape index (κ3) is 3.90. The second kappa shape index (κ2) is 5.70. The molecular weight excluding hydrogens is 249 g/mol. The van der Waals surface area contributed by atoms with E-state index in [9.17, 15) is 23.1 Å². The Labute approximate surface area is 102 Å². The fourth-order valence-electron chi connectivity index (χ4n) is 1.40. The third-order valence-corrected chi connectivity index (χ3v) is 2.36. The summed E-state index contributed by atoms with van der Waals surface area (Å²) < 4.78 is 36.3. The number of hydrogen-bond acceptors (Lipinski definition) is 3. The van der Waals surface area contributed by atoms with Gasteiger partial charge in [0.25, 0.3) is 5.91 Å². The minimum Gasteiger partial charge on any atom is -0.505 e. The van der Waals surface area contributed by atoms with Gasteiger partial charge < -0.3 is 10.0 Å². The Balaban J connectivity index is 2.77. The number of pyridine rings is 1. The number of amides is 1. The summed E-state index contributed by atoms with van der Waals surface area (Å²) in [7, 11) is 0. The number of carbonyl (C=O) groups excluding carboxylic acids is 1. The number of carbonyl (C=O) groups is 1. The molecule has 1 heterocycles. The topological polar surface area (TPSA) is 53.4 Å². The number of halogens is 3. The zero-order valence-corrected chi connectivity index (χ0v) is 9.74. The lowest BCUT2D eigenvalue weighted by Crippen LogP contribution is -2.34. The summed E-state index contributed by atoms with van der Waals surface area (Å²) in [6.07, 6.45) is -3.01. The molecule has 18 heavy (non-hydrogen) atoms. The van der Waals surface area contributed by atoms with Crippen LogP contribution < -0.4 is 0 Å². The summed E-state index contributed by atoms with van der Waals surface area (Å²) in [5.41, 5.74) is -0.0472. The zero-order chi connectivity index (χ0) is 13.8. The van der Waals surface area contributed by atoms with E-state index in [-0.39, 0.29) is 17.9 Å². The first-order valence-corrected chi connectivity index (χ1v) is 5.34. The van der Waals surface area contributed by atoms with Crippen LogP contribution in [-0.2, 0) is 0 Å². The van der Waals surface area contributed by atoms with Gasteiger partial charge in [-0.05, 0) is 13.0 Å². The van der Waals surface area contributed by atoms with Gasteiger partial charge in [0.05, 0.1) is 18.2 Å². The van der Waals surface area contributed by atoms with Crippen molar-refractivity contribution < 1.29 is 23.1 Å². The predicted octanol–water partition coefficient (Wildman–Crippen LogP) is 2.20. The molecule has 1 aromatic rings. The van der Waals surface area contributed by atoms with E-state index in [1.165, 1.54) is 12.3 Å². The molecule has 7 heteroatoms. The maximum atomic E-state index is 12.1. The smallest absolute Gasteiger partial charge is 0.390 e. The first-order chi connectivity index (χ1) is 8.35. The van der Waals surface area contributed by atoms with Crippen molar-refractivity contribution in [2.45, 2.75) is 19.5 Å². The summed E-state index contributed by atoms with van der Waals surface area (Å²) in [5.74, 6) is -0.977. The third-order valence-electron chi connectivity index (χ3n) is 2.36. The fraction of sp³-hybridized carbons (Fsp3) is 0.455. The first-order valence-electron chi connectivity index (χ1n) is 5.34. The van der Waals surface area contributed by atoms with Crippen LogP contribution in [0.3, 0.4) is 0 Å². The minimum atomic E-state index is -4.31. The molecule has 0 saturated heterocycles. The van der Waals surface area contributed by atoms with Crippen molar-refractivity contribution in [3.8, 4) is 5.75 Å². The summed E-state index contributed by atoms with van der Waals surface area (Å²) >= 11 is 0. The average Bonchev–Trinajstić information content (AvgIpc) is 2.28. The number of nitrogens with zero attached hydrogens (tertiary/aromatic N) is 2. The Morgan fingerprint density at radius 1 is 1.50 bits per heavy atom. The van der Waals surface area contributed by atoms with Gasteiger partial charge in [-0.3, -0.25) is 9.78 Å². The zero-order valence-electron chi connectivity index (χ0n) is 9.74. The summed E-state index contributed by atoms with van der Waals surface area (Å²) in [4.78, 5) is 16.5. The second-order valence-electron chi connectivity index (χ2n) is 3.64. The largest absolute Gasteiger partial charge is 0.505 e. The van der Waals surface area contributed by atoms with E-state index < -0.39 is 25.0 Å². The van der Waals surface area contributed by atoms with Gasteiger partial charge >= 0.3 is 6.18 Å². The van der Waals surface area contributed by atoms with E-state index >= 15 is 0 Å². The van der Waals surface area contributed by atoms with Crippen LogP contribution in [0.15, 0.2) is 18.5 Å². The Morgan fingerprint density at radius 3 is 2.67 bits per heavy atom. The predicted molar refractivity (Wildman–Crippen MR) is 58.2 cm³/mol. The van der Waals surface area contributed by atoms with Crippen LogP contribution >= 0.6 is 0 Å². The van der Waals surface area contributed by atoms with Crippen molar-refractivity contribution in [3.05, 3.63) is 24.0 Å². The number of aromatic hydroxyl groups is 1. The molecule has 0 atom stereocenters. The maximum Gasteiger partial charge on any atom is 0.390 e. The van der Waals surface area contributed by atoms with Gasteiger partial charge in [-0.2, -0.15) is 13.2 Å². The standard InChI is InChI=1S/C11H13F3N2O2/c1-2-16(6-4-11(12,13)14)10(18)8-3-5-15-7-9(8)17/h3,5,7,17H,2,4,6H2,1H3. The Bertz CT molecular complexity index is 421. The first kappa shape index (κ1) is 14.3. The van der Waals surface area contributed by atoms with Crippen molar-refractivity contribution in [1.29, 1.82) is 0 Å². The van der Waals surface area contributed by atoms with E-state index in [0.29, 0.717) is 0 Å². The highest BCUT2D eigenvalue weighted by Gasteiger charge is 2.29. The van der Waals surface area contributed by atoms with Gasteiger partial charge in [-0.25, -0.2) is 0 Å². The van der Waals surface area contributed by atoms with E-state index in [2.05, 4.69) is 4.98 Å². The lowest BCUT2D eigenvalue weighted by Gasteiger charge is -2.21. The van der Waals surface area contributed by atoms with Crippen LogP contribution in [0.1, 0.15) is 23.7 Å². The monoisotopic (exact) mass is 262 g/mol. The molecular formula is C11H13F3N2O2. The summed E-state index contributed by atoms with van der Waals surface area (Å²) in [6, 6.07) is 1.27. The van der Waals surface area contributed by atoms with Gasteiger partial charge in [0.15, 0.2) is 0 Å². The molecule has 1 N–H and O–H groups in total. The lowest BCUT2D eigenvalue weighted by molar-refractivity contribution is -0.136. The molecule has 0 radical (unpaired) electrons. The molecule has 1 amide bonds. The Morgan fingerprint density at radius 2 is 2.17 bits per heavy atom. The molecule has 1 rings (SSSR count). The van der Waals surface area contributed by atoms with Crippen LogP contribution in [0.5, 0.6) is 5.75 Å². The molecule has 0 spiro atoms. The highest BCUT2D eigenvalue weighted by molar-refractivity contribution is 5.96. The molecule has 100 valence electrons. The maximum absolute atomic E-state index is 12.1. The fourth-order valence-corrected chi connectivity index (χ4v) is 1.40. The van der Waals surface area contributed by atoms with Crippen molar-refractivity contribution in [3.63, 3.8) is 0 Å². The van der Waals surface area contributed by atoms with Gasteiger partial charge in [0.2, 0.25) is 0 Å². The van der Waals surface area contributed by atoms with Gasteiger partial charge in [-0.15, -0.1) is 0 Å². The average molecular weight is 262 g/mol. The second-order valence-corrected chi connectivity index (χ2v) is 3.64. The van der Waals surface area contributed by atoms with E-state index in [1.807, 2.05) is 0 Å². The molecule has 0 fully saturated rings. The van der Waals surface area contributed by atoms with Crippen LogP contribution in [0.25, 0.3) is 0 Å². The summed E-state index contributed by atoms with van der Waals surface area (Å²) in [6.45, 7) is 1.28. The molecule has 4 nitrogen and oxygen atoms in total. The highest BCUT2D eigenvalue weighted by atomic mass is 19.4. The Kier molecular flexibility index (Phi) is 4.52. The number of aromatic nitrogens is 1.